The lowest BCUT2D eigenvalue weighted by Gasteiger charge is -2.34. The highest BCUT2D eigenvalue weighted by Gasteiger charge is 2.35. The van der Waals surface area contributed by atoms with Crippen LogP contribution in [0.4, 0.5) is 8.78 Å². The number of carbonyl (C=O) groups is 3. The molecule has 1 fully saturated rings. The summed E-state index contributed by atoms with van der Waals surface area (Å²) in [5, 5.41) is 0. The van der Waals surface area contributed by atoms with E-state index in [1.165, 1.54) is 0 Å². The molecule has 0 radical (unpaired) electrons. The van der Waals surface area contributed by atoms with Crippen molar-refractivity contribution in [3.63, 3.8) is 0 Å². The van der Waals surface area contributed by atoms with Crippen LogP contribution in [-0.2, 0) is 6.54 Å². The summed E-state index contributed by atoms with van der Waals surface area (Å²) in [4.78, 5) is 43.1. The molecule has 0 spiro atoms. The number of rotatable bonds is 7. The van der Waals surface area contributed by atoms with Crippen LogP contribution in [0, 0.1) is 0 Å². The van der Waals surface area contributed by atoms with Gasteiger partial charge >= 0.3 is 0 Å². The summed E-state index contributed by atoms with van der Waals surface area (Å²) in [5.74, 6) is -0.594. The summed E-state index contributed by atoms with van der Waals surface area (Å²) in [7, 11) is 0. The molecule has 0 aromatic heterocycles. The van der Waals surface area contributed by atoms with E-state index >= 15 is 0 Å². The number of amides is 3. The van der Waals surface area contributed by atoms with Gasteiger partial charge in [-0.05, 0) is 36.8 Å². The number of hydrogen-bond acceptors (Lipinski definition) is 5. The number of ether oxygens (including phenoxy) is 1. The molecule has 2 aliphatic rings. The smallest absolute Gasteiger partial charge is 0.261 e. The largest absolute Gasteiger partial charge is 0.493 e. The van der Waals surface area contributed by atoms with Crippen molar-refractivity contribution in [1.29, 1.82) is 0 Å². The number of benzene rings is 2. The Kier molecular flexibility index (Phi) is 6.69. The van der Waals surface area contributed by atoms with Crippen LogP contribution in [0.2, 0.25) is 0 Å². The van der Waals surface area contributed by atoms with E-state index in [9.17, 15) is 23.2 Å². The Bertz CT molecular complexity index is 1030. The first-order valence-corrected chi connectivity index (χ1v) is 10.9. The van der Waals surface area contributed by atoms with Crippen LogP contribution in [0.1, 0.15) is 43.6 Å². The normalized spacial score (nSPS) is 16.5. The topological polar surface area (TPSA) is 70.2 Å². The Morgan fingerprint density at radius 3 is 2.21 bits per heavy atom. The summed E-state index contributed by atoms with van der Waals surface area (Å²) < 4.78 is 30.9. The Morgan fingerprint density at radius 2 is 1.64 bits per heavy atom. The van der Waals surface area contributed by atoms with Gasteiger partial charge in [0.05, 0.1) is 36.4 Å². The standard InChI is InChI=1S/C24H25F2N3O4/c1-2-33-20-8-7-16(14-29-23(31)17-5-3-4-6-18(17)24(29)32)13-19(20)22(30)28-11-9-27(10-12-28)15-21(25)26/h3-8,13,21H,2,9-12,14-15H2,1H3. The van der Waals surface area contributed by atoms with Gasteiger partial charge in [0.15, 0.2) is 0 Å². The molecule has 174 valence electrons. The molecule has 0 bridgehead atoms. The van der Waals surface area contributed by atoms with E-state index in [-0.39, 0.29) is 30.8 Å². The van der Waals surface area contributed by atoms with E-state index in [1.807, 2.05) is 6.92 Å². The first kappa shape index (κ1) is 22.8. The Morgan fingerprint density at radius 1 is 1.00 bits per heavy atom. The summed E-state index contributed by atoms with van der Waals surface area (Å²) >= 11 is 0. The van der Waals surface area contributed by atoms with Gasteiger partial charge in [-0.2, -0.15) is 0 Å². The summed E-state index contributed by atoms with van der Waals surface area (Å²) in [6.07, 6.45) is -2.41. The zero-order valence-corrected chi connectivity index (χ0v) is 18.3. The monoisotopic (exact) mass is 457 g/mol. The van der Waals surface area contributed by atoms with E-state index in [1.54, 1.807) is 52.3 Å². The lowest BCUT2D eigenvalue weighted by atomic mass is 10.1. The minimum absolute atomic E-state index is 0.0290. The highest BCUT2D eigenvalue weighted by molar-refractivity contribution is 6.21. The second-order valence-corrected chi connectivity index (χ2v) is 7.99. The molecule has 2 heterocycles. The SMILES string of the molecule is CCOc1ccc(CN2C(=O)c3ccccc3C2=O)cc1C(=O)N1CCN(CC(F)F)CC1. The molecule has 3 amide bonds. The minimum Gasteiger partial charge on any atom is -0.493 e. The van der Waals surface area contributed by atoms with E-state index in [0.717, 1.165) is 4.90 Å². The minimum atomic E-state index is -2.41. The molecule has 2 aromatic carbocycles. The number of hydrogen-bond donors (Lipinski definition) is 0. The lowest BCUT2D eigenvalue weighted by molar-refractivity contribution is 0.0456. The molecule has 2 aromatic rings. The number of fused-ring (bicyclic) bond motifs is 1. The van der Waals surface area contributed by atoms with Gasteiger partial charge in [-0.15, -0.1) is 0 Å². The second kappa shape index (κ2) is 9.66. The van der Waals surface area contributed by atoms with Gasteiger partial charge in [0.25, 0.3) is 24.1 Å². The Balaban J connectivity index is 1.52. The summed E-state index contributed by atoms with van der Waals surface area (Å²) in [6, 6.07) is 11.7. The van der Waals surface area contributed by atoms with Crippen LogP contribution in [0.15, 0.2) is 42.5 Å². The van der Waals surface area contributed by atoms with Crippen molar-refractivity contribution < 1.29 is 27.9 Å². The van der Waals surface area contributed by atoms with Crippen molar-refractivity contribution in [1.82, 2.24) is 14.7 Å². The van der Waals surface area contributed by atoms with Crippen LogP contribution >= 0.6 is 0 Å². The van der Waals surface area contributed by atoms with Crippen LogP contribution in [0.5, 0.6) is 5.75 Å². The number of carbonyl (C=O) groups excluding carboxylic acids is 3. The third kappa shape index (κ3) is 4.73. The molecule has 0 aliphatic carbocycles. The fourth-order valence-electron chi connectivity index (χ4n) is 4.19. The van der Waals surface area contributed by atoms with Gasteiger partial charge in [-0.1, -0.05) is 18.2 Å². The Hall–Kier alpha value is -3.33. The first-order valence-electron chi connectivity index (χ1n) is 10.9. The number of imide groups is 1. The maximum atomic E-state index is 13.3. The molecule has 9 heteroatoms. The number of piperazine rings is 1. The van der Waals surface area contributed by atoms with Gasteiger partial charge in [-0.25, -0.2) is 8.78 Å². The average Bonchev–Trinajstić information content (AvgIpc) is 3.05. The van der Waals surface area contributed by atoms with Crippen molar-refractivity contribution in [2.24, 2.45) is 0 Å². The predicted molar refractivity (Wildman–Crippen MR) is 117 cm³/mol. The quantitative estimate of drug-likeness (QED) is 0.598. The van der Waals surface area contributed by atoms with E-state index in [4.69, 9.17) is 4.74 Å². The molecule has 33 heavy (non-hydrogen) atoms. The molecule has 4 rings (SSSR count). The fourth-order valence-corrected chi connectivity index (χ4v) is 4.19. The van der Waals surface area contributed by atoms with Crippen LogP contribution in [0.25, 0.3) is 0 Å². The zero-order valence-electron chi connectivity index (χ0n) is 18.3. The highest BCUT2D eigenvalue weighted by Crippen LogP contribution is 2.27. The third-order valence-electron chi connectivity index (χ3n) is 5.85. The first-order chi connectivity index (χ1) is 15.9. The van der Waals surface area contributed by atoms with Gasteiger partial charge in [0, 0.05) is 26.2 Å². The summed E-state index contributed by atoms with van der Waals surface area (Å²) in [6.45, 7) is 3.30. The maximum Gasteiger partial charge on any atom is 0.261 e. The van der Waals surface area contributed by atoms with Crippen LogP contribution in [0.3, 0.4) is 0 Å². The zero-order chi connectivity index (χ0) is 23.5. The van der Waals surface area contributed by atoms with Crippen molar-refractivity contribution in [3.05, 3.63) is 64.7 Å². The highest BCUT2D eigenvalue weighted by atomic mass is 19.3. The van der Waals surface area contributed by atoms with E-state index < -0.39 is 6.43 Å². The van der Waals surface area contributed by atoms with Crippen molar-refractivity contribution in [3.8, 4) is 5.75 Å². The lowest BCUT2D eigenvalue weighted by Crippen LogP contribution is -2.49. The van der Waals surface area contributed by atoms with Gasteiger partial charge in [-0.3, -0.25) is 24.2 Å². The number of alkyl halides is 2. The molecule has 0 unspecified atom stereocenters. The van der Waals surface area contributed by atoms with Gasteiger partial charge in [0.2, 0.25) is 0 Å². The predicted octanol–water partition coefficient (Wildman–Crippen LogP) is 2.90. The van der Waals surface area contributed by atoms with Gasteiger partial charge < -0.3 is 9.64 Å². The van der Waals surface area contributed by atoms with E-state index in [2.05, 4.69) is 0 Å². The van der Waals surface area contributed by atoms with Crippen molar-refractivity contribution in [2.45, 2.75) is 19.9 Å². The maximum absolute atomic E-state index is 13.3. The average molecular weight is 457 g/mol. The molecule has 0 N–H and O–H groups in total. The molecule has 0 atom stereocenters. The number of halogens is 2. The molecule has 0 saturated carbocycles. The molecular weight excluding hydrogens is 432 g/mol. The third-order valence-corrected chi connectivity index (χ3v) is 5.85. The molecule has 2 aliphatic heterocycles. The van der Waals surface area contributed by atoms with Crippen molar-refractivity contribution >= 4 is 17.7 Å². The van der Waals surface area contributed by atoms with Crippen LogP contribution < -0.4 is 4.74 Å². The molecule has 7 nitrogen and oxygen atoms in total. The van der Waals surface area contributed by atoms with Crippen LogP contribution in [-0.4, -0.2) is 78.2 Å². The van der Waals surface area contributed by atoms with Gasteiger partial charge in [0.1, 0.15) is 5.75 Å². The number of nitrogens with zero attached hydrogens (tertiary/aromatic N) is 3. The van der Waals surface area contributed by atoms with E-state index in [0.29, 0.717) is 60.8 Å². The molecule has 1 saturated heterocycles. The summed E-state index contributed by atoms with van der Waals surface area (Å²) in [5.41, 5.74) is 1.68. The molecular formula is C24H25F2N3O4. The fraction of sp³-hybridized carbons (Fsp3) is 0.375. The second-order valence-electron chi connectivity index (χ2n) is 7.99. The van der Waals surface area contributed by atoms with Crippen molar-refractivity contribution in [2.75, 3.05) is 39.3 Å². The Labute approximate surface area is 190 Å².